The van der Waals surface area contributed by atoms with Crippen LogP contribution in [0.15, 0.2) is 0 Å². The number of esters is 2. The lowest BCUT2D eigenvalue weighted by atomic mass is 10.3. The summed E-state index contributed by atoms with van der Waals surface area (Å²) < 4.78 is 16.0. The van der Waals surface area contributed by atoms with Crippen molar-refractivity contribution < 1.29 is 23.8 Å². The molecule has 0 unspecified atom stereocenters. The van der Waals surface area contributed by atoms with Crippen LogP contribution >= 0.6 is 0 Å². The summed E-state index contributed by atoms with van der Waals surface area (Å²) in [5, 5.41) is 0. The van der Waals surface area contributed by atoms with E-state index in [1.165, 1.54) is 0 Å². The van der Waals surface area contributed by atoms with Crippen LogP contribution in [-0.4, -0.2) is 82.0 Å². The molecule has 0 aliphatic rings. The summed E-state index contributed by atoms with van der Waals surface area (Å²) in [5.41, 5.74) is 0. The lowest BCUT2D eigenvalue weighted by molar-refractivity contribution is -0.192. The molecule has 0 radical (unpaired) electrons. The van der Waals surface area contributed by atoms with Crippen LogP contribution in [0, 0.1) is 0 Å². The van der Waals surface area contributed by atoms with Crippen LogP contribution in [0.4, 0.5) is 0 Å². The highest BCUT2D eigenvalue weighted by Crippen LogP contribution is 2.07. The second-order valence-corrected chi connectivity index (χ2v) is 6.01. The summed E-state index contributed by atoms with van der Waals surface area (Å²) in [4.78, 5) is 27.0. The predicted molar refractivity (Wildman–Crippen MR) is 88.0 cm³/mol. The largest absolute Gasteiger partial charge is 0.463 e. The summed E-state index contributed by atoms with van der Waals surface area (Å²) in [6, 6.07) is 0. The summed E-state index contributed by atoms with van der Waals surface area (Å²) >= 11 is 0. The molecule has 0 amide bonds. The highest BCUT2D eigenvalue weighted by atomic mass is 16.7. The van der Waals surface area contributed by atoms with Crippen molar-refractivity contribution >= 4 is 11.9 Å². The van der Waals surface area contributed by atoms with E-state index in [1.54, 1.807) is 6.92 Å². The van der Waals surface area contributed by atoms with Crippen LogP contribution in [0.1, 0.15) is 33.1 Å². The molecule has 0 N–H and O–H groups in total. The average molecular weight is 332 g/mol. The smallest absolute Gasteiger partial charge is 0.309 e. The van der Waals surface area contributed by atoms with Gasteiger partial charge in [-0.25, -0.2) is 0 Å². The molecule has 0 saturated carbocycles. The highest BCUT2D eigenvalue weighted by Gasteiger charge is 2.17. The van der Waals surface area contributed by atoms with Gasteiger partial charge in [0.05, 0.1) is 18.9 Å². The van der Waals surface area contributed by atoms with Gasteiger partial charge in [-0.15, -0.1) is 0 Å². The first-order valence-electron chi connectivity index (χ1n) is 8.04. The van der Waals surface area contributed by atoms with E-state index in [-0.39, 0.29) is 24.6 Å². The van der Waals surface area contributed by atoms with E-state index in [2.05, 4.69) is 0 Å². The second-order valence-electron chi connectivity index (χ2n) is 6.01. The fourth-order valence-corrected chi connectivity index (χ4v) is 1.68. The van der Waals surface area contributed by atoms with E-state index < -0.39 is 6.29 Å². The zero-order valence-electron chi connectivity index (χ0n) is 15.3. The lowest BCUT2D eigenvalue weighted by Crippen LogP contribution is -2.30. The molecule has 0 aromatic rings. The zero-order valence-corrected chi connectivity index (χ0v) is 15.3. The van der Waals surface area contributed by atoms with E-state index in [9.17, 15) is 9.59 Å². The summed E-state index contributed by atoms with van der Waals surface area (Å²) in [7, 11) is 7.59. The van der Waals surface area contributed by atoms with Crippen molar-refractivity contribution in [2.24, 2.45) is 0 Å². The van der Waals surface area contributed by atoms with Gasteiger partial charge in [-0.1, -0.05) is 6.92 Å². The van der Waals surface area contributed by atoms with E-state index in [0.29, 0.717) is 32.4 Å². The van der Waals surface area contributed by atoms with Gasteiger partial charge in [0, 0.05) is 13.1 Å². The molecule has 0 heterocycles. The Morgan fingerprint density at radius 3 is 1.96 bits per heavy atom. The summed E-state index contributed by atoms with van der Waals surface area (Å²) in [6.07, 6.45) is 0.390. The van der Waals surface area contributed by atoms with Gasteiger partial charge in [0.1, 0.15) is 6.61 Å². The van der Waals surface area contributed by atoms with Gasteiger partial charge in [0.2, 0.25) is 6.29 Å². The van der Waals surface area contributed by atoms with E-state index >= 15 is 0 Å². The van der Waals surface area contributed by atoms with Crippen molar-refractivity contribution in [3.05, 3.63) is 0 Å². The number of hydrogen-bond acceptors (Lipinski definition) is 7. The van der Waals surface area contributed by atoms with Gasteiger partial charge in [0.25, 0.3) is 0 Å². The SMILES string of the molecule is CC[C@@H](COC(=O)CCN(C)C)O[C@H](C)OC(=O)CCN(C)C. The van der Waals surface area contributed by atoms with Crippen LogP contribution in [0.3, 0.4) is 0 Å². The van der Waals surface area contributed by atoms with E-state index in [1.807, 2.05) is 44.9 Å². The minimum atomic E-state index is -0.657. The molecule has 0 bridgehead atoms. The minimum absolute atomic E-state index is 0.169. The molecule has 0 aliphatic heterocycles. The molecule has 0 rings (SSSR count). The first-order valence-corrected chi connectivity index (χ1v) is 8.04. The average Bonchev–Trinajstić information content (AvgIpc) is 2.47. The Kier molecular flexibility index (Phi) is 11.6. The highest BCUT2D eigenvalue weighted by molar-refractivity contribution is 5.70. The molecule has 7 heteroatoms. The van der Waals surface area contributed by atoms with E-state index in [0.717, 1.165) is 0 Å². The molecule has 0 fully saturated rings. The summed E-state index contributed by atoms with van der Waals surface area (Å²) in [5.74, 6) is -0.555. The van der Waals surface area contributed by atoms with Crippen molar-refractivity contribution in [1.82, 2.24) is 9.80 Å². The number of ether oxygens (including phenoxy) is 3. The van der Waals surface area contributed by atoms with Crippen molar-refractivity contribution in [2.75, 3.05) is 47.9 Å². The van der Waals surface area contributed by atoms with Crippen LogP contribution in [0.25, 0.3) is 0 Å². The molecule has 0 saturated heterocycles. The maximum Gasteiger partial charge on any atom is 0.309 e. The van der Waals surface area contributed by atoms with Crippen molar-refractivity contribution in [3.8, 4) is 0 Å². The third kappa shape index (κ3) is 13.0. The minimum Gasteiger partial charge on any atom is -0.463 e. The predicted octanol–water partition coefficient (Wildman–Crippen LogP) is 1.12. The Labute approximate surface area is 139 Å². The van der Waals surface area contributed by atoms with Gasteiger partial charge in [-0.05, 0) is 41.5 Å². The summed E-state index contributed by atoms with van der Waals surface area (Å²) in [6.45, 7) is 5.05. The fourth-order valence-electron chi connectivity index (χ4n) is 1.68. The van der Waals surface area contributed by atoms with Gasteiger partial charge in [0.15, 0.2) is 0 Å². The Morgan fingerprint density at radius 2 is 1.48 bits per heavy atom. The monoisotopic (exact) mass is 332 g/mol. The van der Waals surface area contributed by atoms with Crippen molar-refractivity contribution in [2.45, 2.75) is 45.5 Å². The Hall–Kier alpha value is -1.18. The molecule has 136 valence electrons. The molecular formula is C16H32N2O5. The van der Waals surface area contributed by atoms with Crippen LogP contribution in [-0.2, 0) is 23.8 Å². The van der Waals surface area contributed by atoms with Crippen LogP contribution < -0.4 is 0 Å². The van der Waals surface area contributed by atoms with Crippen LogP contribution in [0.2, 0.25) is 0 Å². The zero-order chi connectivity index (χ0) is 17.8. The number of hydrogen-bond donors (Lipinski definition) is 0. The van der Waals surface area contributed by atoms with Crippen LogP contribution in [0.5, 0.6) is 0 Å². The molecule has 7 nitrogen and oxygen atoms in total. The molecule has 0 spiro atoms. The Balaban J connectivity index is 4.02. The normalized spacial score (nSPS) is 13.9. The van der Waals surface area contributed by atoms with Crippen molar-refractivity contribution in [3.63, 3.8) is 0 Å². The third-order valence-corrected chi connectivity index (χ3v) is 3.09. The quantitative estimate of drug-likeness (QED) is 0.392. The topological polar surface area (TPSA) is 68.3 Å². The second kappa shape index (κ2) is 12.3. The number of rotatable bonds is 12. The Morgan fingerprint density at radius 1 is 0.957 bits per heavy atom. The first-order chi connectivity index (χ1) is 10.7. The van der Waals surface area contributed by atoms with Gasteiger partial charge in [-0.2, -0.15) is 0 Å². The first kappa shape index (κ1) is 21.8. The number of nitrogens with zero attached hydrogens (tertiary/aromatic N) is 2. The molecule has 0 aliphatic carbocycles. The van der Waals surface area contributed by atoms with E-state index in [4.69, 9.17) is 14.2 Å². The fraction of sp³-hybridized carbons (Fsp3) is 0.875. The molecule has 2 atom stereocenters. The van der Waals surface area contributed by atoms with Gasteiger partial charge >= 0.3 is 11.9 Å². The maximum absolute atomic E-state index is 11.6. The lowest BCUT2D eigenvalue weighted by Gasteiger charge is -2.21. The third-order valence-electron chi connectivity index (χ3n) is 3.09. The van der Waals surface area contributed by atoms with Crippen molar-refractivity contribution in [1.29, 1.82) is 0 Å². The molecule has 0 aromatic heterocycles. The van der Waals surface area contributed by atoms with Gasteiger partial charge < -0.3 is 24.0 Å². The maximum atomic E-state index is 11.6. The number of carbonyl (C=O) groups is 2. The number of carbonyl (C=O) groups excluding carboxylic acids is 2. The van der Waals surface area contributed by atoms with Gasteiger partial charge in [-0.3, -0.25) is 9.59 Å². The standard InChI is InChI=1S/C16H32N2O5/c1-7-14(12-21-15(19)8-10-17(3)4)22-13(2)23-16(20)9-11-18(5)6/h13-14H,7-12H2,1-6H3/t13-,14-/m0/s1. The molecule has 0 aromatic carbocycles. The molecule has 23 heavy (non-hydrogen) atoms. The molecular weight excluding hydrogens is 300 g/mol. The Bertz CT molecular complexity index is 347.